The number of nitriles is 1. The van der Waals surface area contributed by atoms with Gasteiger partial charge in [-0.05, 0) is 44.6 Å². The first-order valence-electron chi connectivity index (χ1n) is 5.94. The van der Waals surface area contributed by atoms with Crippen molar-refractivity contribution in [3.8, 4) is 6.07 Å². The predicted molar refractivity (Wildman–Crippen MR) is 69.7 cm³/mol. The lowest BCUT2D eigenvalue weighted by atomic mass is 10.0. The maximum atomic E-state index is 9.07. The Kier molecular flexibility index (Phi) is 3.50. The van der Waals surface area contributed by atoms with E-state index in [9.17, 15) is 0 Å². The Morgan fingerprint density at radius 1 is 1.53 bits per heavy atom. The molecule has 1 aromatic carbocycles. The van der Waals surface area contributed by atoms with E-state index in [4.69, 9.17) is 11.0 Å². The molecule has 1 atom stereocenters. The van der Waals surface area contributed by atoms with E-state index in [1.54, 1.807) is 6.07 Å². The Hall–Kier alpha value is -1.73. The van der Waals surface area contributed by atoms with Gasteiger partial charge in [-0.3, -0.25) is 0 Å². The van der Waals surface area contributed by atoms with Crippen molar-refractivity contribution in [1.29, 1.82) is 5.26 Å². The van der Waals surface area contributed by atoms with E-state index in [0.29, 0.717) is 17.3 Å². The van der Waals surface area contributed by atoms with Crippen LogP contribution in [0.15, 0.2) is 18.2 Å². The van der Waals surface area contributed by atoms with Crippen molar-refractivity contribution >= 4 is 11.4 Å². The molecule has 0 radical (unpaired) electrons. The number of nitrogens with zero attached hydrogens (tertiary/aromatic N) is 2. The number of nitrogens with two attached hydrogens (primary N) is 1. The minimum absolute atomic E-state index is 0.421. The molecule has 0 amide bonds. The molecule has 2 rings (SSSR count). The van der Waals surface area contributed by atoms with Crippen molar-refractivity contribution in [3.05, 3.63) is 23.8 Å². The summed E-state index contributed by atoms with van der Waals surface area (Å²) in [6, 6.07) is 8.04. The van der Waals surface area contributed by atoms with Crippen LogP contribution in [-0.2, 0) is 0 Å². The van der Waals surface area contributed by atoms with Crippen molar-refractivity contribution in [3.63, 3.8) is 0 Å². The molecule has 0 aliphatic carbocycles. The van der Waals surface area contributed by atoms with Gasteiger partial charge in [0.2, 0.25) is 0 Å². The standard InChI is InChI=1S/C13H18N4/c1-17-6-2-3-12(9-17)16-13-5-4-11(15)7-10(13)8-14/h4-5,7,12,16H,2-3,6,9,15H2,1H3. The normalized spacial score (nSPS) is 20.8. The lowest BCUT2D eigenvalue weighted by Crippen LogP contribution is -2.39. The van der Waals surface area contributed by atoms with E-state index >= 15 is 0 Å². The summed E-state index contributed by atoms with van der Waals surface area (Å²) in [5.74, 6) is 0. The number of nitrogen functional groups attached to an aromatic ring is 1. The highest BCUT2D eigenvalue weighted by Gasteiger charge is 2.17. The Morgan fingerprint density at radius 2 is 2.35 bits per heavy atom. The van der Waals surface area contributed by atoms with Crippen molar-refractivity contribution in [2.24, 2.45) is 0 Å². The highest BCUT2D eigenvalue weighted by atomic mass is 15.1. The van der Waals surface area contributed by atoms with Gasteiger partial charge in [-0.15, -0.1) is 0 Å². The Balaban J connectivity index is 2.10. The molecule has 1 fully saturated rings. The number of anilines is 2. The zero-order valence-electron chi connectivity index (χ0n) is 10.1. The van der Waals surface area contributed by atoms with Crippen LogP contribution >= 0.6 is 0 Å². The van der Waals surface area contributed by atoms with Crippen molar-refractivity contribution in [2.45, 2.75) is 18.9 Å². The van der Waals surface area contributed by atoms with Gasteiger partial charge in [-0.1, -0.05) is 0 Å². The summed E-state index contributed by atoms with van der Waals surface area (Å²) in [5, 5.41) is 12.5. The molecule has 1 unspecified atom stereocenters. The lowest BCUT2D eigenvalue weighted by Gasteiger charge is -2.31. The van der Waals surface area contributed by atoms with Crippen LogP contribution in [0.3, 0.4) is 0 Å². The Labute approximate surface area is 102 Å². The zero-order chi connectivity index (χ0) is 12.3. The second kappa shape index (κ2) is 5.07. The molecule has 0 bridgehead atoms. The summed E-state index contributed by atoms with van der Waals surface area (Å²) in [5.41, 5.74) is 7.82. The lowest BCUT2D eigenvalue weighted by molar-refractivity contribution is 0.261. The van der Waals surface area contributed by atoms with Crippen LogP contribution in [0.4, 0.5) is 11.4 Å². The van der Waals surface area contributed by atoms with Gasteiger partial charge in [0.05, 0.1) is 11.3 Å². The van der Waals surface area contributed by atoms with E-state index in [1.807, 2.05) is 12.1 Å². The Bertz CT molecular complexity index is 436. The average Bonchev–Trinajstić information content (AvgIpc) is 2.31. The van der Waals surface area contributed by atoms with Gasteiger partial charge in [-0.2, -0.15) is 5.26 Å². The number of piperidine rings is 1. The molecule has 0 saturated carbocycles. The molecular formula is C13H18N4. The maximum absolute atomic E-state index is 9.07. The zero-order valence-corrected chi connectivity index (χ0v) is 10.1. The molecule has 0 aromatic heterocycles. The largest absolute Gasteiger partial charge is 0.399 e. The maximum Gasteiger partial charge on any atom is 0.101 e. The van der Waals surface area contributed by atoms with Crippen LogP contribution in [0, 0.1) is 11.3 Å². The number of likely N-dealkylation sites (tertiary alicyclic amines) is 1. The van der Waals surface area contributed by atoms with E-state index in [2.05, 4.69) is 23.3 Å². The molecule has 1 heterocycles. The first kappa shape index (κ1) is 11.7. The molecule has 1 aliphatic rings. The van der Waals surface area contributed by atoms with Gasteiger partial charge in [0.25, 0.3) is 0 Å². The van der Waals surface area contributed by atoms with E-state index in [-0.39, 0.29) is 0 Å². The van der Waals surface area contributed by atoms with Gasteiger partial charge in [-0.25, -0.2) is 0 Å². The molecule has 90 valence electrons. The van der Waals surface area contributed by atoms with Crippen LogP contribution < -0.4 is 11.1 Å². The van der Waals surface area contributed by atoms with Crippen molar-refractivity contribution in [1.82, 2.24) is 4.90 Å². The number of hydrogen-bond acceptors (Lipinski definition) is 4. The van der Waals surface area contributed by atoms with Crippen molar-refractivity contribution < 1.29 is 0 Å². The SMILES string of the molecule is CN1CCCC(Nc2ccc(N)cc2C#N)C1. The van der Waals surface area contributed by atoms with Gasteiger partial charge in [0.15, 0.2) is 0 Å². The van der Waals surface area contributed by atoms with Crippen LogP contribution in [0.5, 0.6) is 0 Å². The first-order valence-corrected chi connectivity index (χ1v) is 5.94. The van der Waals surface area contributed by atoms with Crippen molar-refractivity contribution in [2.75, 3.05) is 31.2 Å². The Morgan fingerprint density at radius 3 is 3.06 bits per heavy atom. The summed E-state index contributed by atoms with van der Waals surface area (Å²) in [6.45, 7) is 2.18. The molecule has 1 aromatic rings. The van der Waals surface area contributed by atoms with E-state index in [1.165, 1.54) is 6.42 Å². The fraction of sp³-hybridized carbons (Fsp3) is 0.462. The highest BCUT2D eigenvalue weighted by Crippen LogP contribution is 2.21. The van der Waals surface area contributed by atoms with Gasteiger partial charge >= 0.3 is 0 Å². The summed E-state index contributed by atoms with van der Waals surface area (Å²) in [6.07, 6.45) is 2.35. The van der Waals surface area contributed by atoms with Crippen LogP contribution in [-0.4, -0.2) is 31.1 Å². The molecule has 0 spiro atoms. The molecular weight excluding hydrogens is 212 g/mol. The minimum Gasteiger partial charge on any atom is -0.399 e. The summed E-state index contributed by atoms with van der Waals surface area (Å²) >= 11 is 0. The molecule has 4 nitrogen and oxygen atoms in total. The number of nitrogens with one attached hydrogen (secondary N) is 1. The second-order valence-corrected chi connectivity index (χ2v) is 4.66. The number of hydrogen-bond donors (Lipinski definition) is 2. The third-order valence-corrected chi connectivity index (χ3v) is 3.15. The average molecular weight is 230 g/mol. The molecule has 1 saturated heterocycles. The van der Waals surface area contributed by atoms with Gasteiger partial charge in [0.1, 0.15) is 6.07 Å². The van der Waals surface area contributed by atoms with E-state index in [0.717, 1.165) is 25.2 Å². The minimum atomic E-state index is 0.421. The first-order chi connectivity index (χ1) is 8.19. The second-order valence-electron chi connectivity index (χ2n) is 4.66. The third kappa shape index (κ3) is 2.89. The molecule has 3 N–H and O–H groups in total. The molecule has 17 heavy (non-hydrogen) atoms. The number of likely N-dealkylation sites (N-methyl/N-ethyl adjacent to an activating group) is 1. The van der Waals surface area contributed by atoms with Crippen LogP contribution in [0.1, 0.15) is 18.4 Å². The quantitative estimate of drug-likeness (QED) is 0.758. The fourth-order valence-electron chi connectivity index (χ4n) is 2.28. The summed E-state index contributed by atoms with van der Waals surface area (Å²) < 4.78 is 0. The number of rotatable bonds is 2. The monoisotopic (exact) mass is 230 g/mol. The molecule has 1 aliphatic heterocycles. The topological polar surface area (TPSA) is 65.1 Å². The fourth-order valence-corrected chi connectivity index (χ4v) is 2.28. The van der Waals surface area contributed by atoms with E-state index < -0.39 is 0 Å². The molecule has 4 heteroatoms. The highest BCUT2D eigenvalue weighted by molar-refractivity contribution is 5.63. The smallest absolute Gasteiger partial charge is 0.101 e. The van der Waals surface area contributed by atoms with Crippen LogP contribution in [0.2, 0.25) is 0 Å². The summed E-state index contributed by atoms with van der Waals surface area (Å²) in [4.78, 5) is 2.31. The third-order valence-electron chi connectivity index (χ3n) is 3.15. The summed E-state index contributed by atoms with van der Waals surface area (Å²) in [7, 11) is 2.13. The number of benzene rings is 1. The van der Waals surface area contributed by atoms with Gasteiger partial charge < -0.3 is 16.0 Å². The van der Waals surface area contributed by atoms with Gasteiger partial charge in [0, 0.05) is 18.3 Å². The predicted octanol–water partition coefficient (Wildman–Crippen LogP) is 1.65. The van der Waals surface area contributed by atoms with Crippen LogP contribution in [0.25, 0.3) is 0 Å².